The number of halogens is 18. The van der Waals surface area contributed by atoms with E-state index in [2.05, 4.69) is 25.4 Å². The number of carbonyl (C=O) groups is 1. The van der Waals surface area contributed by atoms with Gasteiger partial charge in [0, 0.05) is 0 Å². The van der Waals surface area contributed by atoms with E-state index in [1.807, 2.05) is 0 Å². The Hall–Kier alpha value is -2.22. The molecule has 0 heterocycles. The summed E-state index contributed by atoms with van der Waals surface area (Å²) in [7, 11) is 0.946. The molecule has 0 aliphatic heterocycles. The lowest BCUT2D eigenvalue weighted by Gasteiger charge is -2.42. The Morgan fingerprint density at radius 1 is 0.692 bits per heavy atom. The van der Waals surface area contributed by atoms with E-state index in [4.69, 9.17) is 0 Å². The first-order valence-electron chi connectivity index (χ1n) is 9.30. The molecule has 0 unspecified atom stereocenters. The van der Waals surface area contributed by atoms with E-state index in [9.17, 15) is 79.4 Å². The molecule has 0 saturated heterocycles. The molecule has 0 atom stereocenters. The second-order valence-electron chi connectivity index (χ2n) is 7.38. The Bertz CT molecular complexity index is 1050. The van der Waals surface area contributed by atoms with Gasteiger partial charge in [-0.15, -0.1) is 0 Å². The van der Waals surface area contributed by atoms with Gasteiger partial charge in [0.1, 0.15) is 5.75 Å². The first kappa shape index (κ1) is 34.8. The molecular formula is C18H10BrF17O3. The van der Waals surface area contributed by atoms with E-state index in [1.165, 1.54) is 0 Å². The molecule has 39 heavy (non-hydrogen) atoms. The van der Waals surface area contributed by atoms with Crippen LogP contribution in [0.4, 0.5) is 74.6 Å². The van der Waals surface area contributed by atoms with Gasteiger partial charge in [0.15, 0.2) is 0 Å². The summed E-state index contributed by atoms with van der Waals surface area (Å²) in [6, 6.07) is 2.59. The molecule has 0 fully saturated rings. The quantitative estimate of drug-likeness (QED) is 0.176. The molecule has 0 aliphatic carbocycles. The molecule has 0 N–H and O–H groups in total. The van der Waals surface area contributed by atoms with Crippen molar-refractivity contribution in [3.05, 3.63) is 28.2 Å². The second kappa shape index (κ2) is 10.3. The fourth-order valence-corrected chi connectivity index (χ4v) is 3.00. The summed E-state index contributed by atoms with van der Waals surface area (Å²) in [5, 5.41) is 0. The number of alkyl halides is 17. The highest BCUT2D eigenvalue weighted by molar-refractivity contribution is 9.10. The number of hydrogen-bond donors (Lipinski definition) is 0. The summed E-state index contributed by atoms with van der Waals surface area (Å²) in [5.74, 6) is -58.3. The highest BCUT2D eigenvalue weighted by Gasteiger charge is 2.95. The molecule has 1 rings (SSSR count). The predicted octanol–water partition coefficient (Wildman–Crippen LogP) is 8.01. The Morgan fingerprint density at radius 2 is 1.10 bits per heavy atom. The van der Waals surface area contributed by atoms with Gasteiger partial charge in [-0.05, 0) is 34.1 Å². The van der Waals surface area contributed by atoms with Gasteiger partial charge >= 0.3 is 53.6 Å². The maximum atomic E-state index is 13.9. The van der Waals surface area contributed by atoms with Crippen LogP contribution in [0.2, 0.25) is 0 Å². The van der Waals surface area contributed by atoms with Crippen molar-refractivity contribution in [2.45, 2.75) is 54.1 Å². The lowest BCUT2D eigenvalue weighted by Crippen LogP contribution is -2.74. The van der Waals surface area contributed by atoms with Crippen molar-refractivity contribution in [1.82, 2.24) is 0 Å². The van der Waals surface area contributed by atoms with Crippen LogP contribution in [0.15, 0.2) is 22.7 Å². The topological polar surface area (TPSA) is 35.5 Å². The van der Waals surface area contributed by atoms with Crippen LogP contribution in [0, 0.1) is 0 Å². The molecule has 0 spiro atoms. The zero-order valence-corrected chi connectivity index (χ0v) is 19.8. The highest BCUT2D eigenvalue weighted by atomic mass is 79.9. The van der Waals surface area contributed by atoms with E-state index in [0.717, 1.165) is 25.3 Å². The summed E-state index contributed by atoms with van der Waals surface area (Å²) >= 11 is 2.71. The molecule has 0 amide bonds. The summed E-state index contributed by atoms with van der Waals surface area (Å²) in [5.41, 5.74) is -0.204. The highest BCUT2D eigenvalue weighted by Crippen LogP contribution is 2.64. The van der Waals surface area contributed by atoms with Gasteiger partial charge in [0.05, 0.1) is 30.2 Å². The van der Waals surface area contributed by atoms with Crippen LogP contribution < -0.4 is 4.74 Å². The SMILES string of the molecule is COC(=O)c1ccc(OCCC(F)(F)C(F)(F)C(F)(F)C(F)(F)C(F)(F)C(F)(F)C(F)(F)C(F)(F)F)c(Br)c1. The van der Waals surface area contributed by atoms with Crippen molar-refractivity contribution >= 4 is 21.9 Å². The average molecular weight is 677 g/mol. The first-order valence-corrected chi connectivity index (χ1v) is 10.1. The van der Waals surface area contributed by atoms with Gasteiger partial charge in [-0.25, -0.2) is 4.79 Å². The molecule has 0 aromatic heterocycles. The third-order valence-corrected chi connectivity index (χ3v) is 5.43. The van der Waals surface area contributed by atoms with Crippen molar-refractivity contribution in [2.24, 2.45) is 0 Å². The van der Waals surface area contributed by atoms with Crippen LogP contribution in [-0.2, 0) is 4.74 Å². The number of esters is 1. The fourth-order valence-electron chi connectivity index (χ4n) is 2.51. The zero-order chi connectivity index (χ0) is 31.3. The van der Waals surface area contributed by atoms with E-state index >= 15 is 0 Å². The molecule has 3 nitrogen and oxygen atoms in total. The third kappa shape index (κ3) is 5.42. The molecule has 0 radical (unpaired) electrons. The monoisotopic (exact) mass is 676 g/mol. The number of hydrogen-bond acceptors (Lipinski definition) is 3. The maximum Gasteiger partial charge on any atom is 0.460 e. The molecule has 0 aliphatic rings. The molecule has 21 heteroatoms. The van der Waals surface area contributed by atoms with Crippen LogP contribution in [0.3, 0.4) is 0 Å². The number of benzene rings is 1. The smallest absolute Gasteiger partial charge is 0.460 e. The molecule has 1 aromatic rings. The van der Waals surface area contributed by atoms with Crippen molar-refractivity contribution in [2.75, 3.05) is 13.7 Å². The van der Waals surface area contributed by atoms with E-state index in [1.54, 1.807) is 0 Å². The lowest BCUT2D eigenvalue weighted by molar-refractivity contribution is -0.461. The number of ether oxygens (including phenoxy) is 2. The van der Waals surface area contributed by atoms with E-state index < -0.39 is 72.4 Å². The van der Waals surface area contributed by atoms with E-state index in [0.29, 0.717) is 0 Å². The van der Waals surface area contributed by atoms with Crippen LogP contribution in [0.1, 0.15) is 16.8 Å². The number of rotatable bonds is 11. The fraction of sp³-hybridized carbons (Fsp3) is 0.611. The minimum atomic E-state index is -8.68. The van der Waals surface area contributed by atoms with Gasteiger partial charge in [-0.2, -0.15) is 74.6 Å². The standard InChI is InChI=1S/C18H10BrF17O3/c1-38-10(37)7-2-3-9(8(19)6-7)39-5-4-11(20,21)12(22,23)13(24,25)14(26,27)15(28,29)16(30,31)17(32,33)18(34,35)36/h2-3,6H,4-5H2,1H3. The molecule has 0 saturated carbocycles. The van der Waals surface area contributed by atoms with Gasteiger partial charge in [0.2, 0.25) is 0 Å². The minimum absolute atomic E-state index is 0.204. The van der Waals surface area contributed by atoms with E-state index in [-0.39, 0.29) is 10.0 Å². The zero-order valence-electron chi connectivity index (χ0n) is 18.2. The van der Waals surface area contributed by atoms with Crippen LogP contribution in [0.25, 0.3) is 0 Å². The molecular weight excluding hydrogens is 667 g/mol. The lowest BCUT2D eigenvalue weighted by atomic mass is 9.88. The predicted molar refractivity (Wildman–Crippen MR) is 96.3 cm³/mol. The van der Waals surface area contributed by atoms with Crippen LogP contribution in [-0.4, -0.2) is 67.3 Å². The second-order valence-corrected chi connectivity index (χ2v) is 8.24. The van der Waals surface area contributed by atoms with Crippen LogP contribution >= 0.6 is 15.9 Å². The average Bonchev–Trinajstić information content (AvgIpc) is 2.77. The number of carbonyl (C=O) groups excluding carboxylic acids is 1. The summed E-state index contributed by atoms with van der Waals surface area (Å²) in [4.78, 5) is 11.3. The van der Waals surface area contributed by atoms with Gasteiger partial charge in [-0.3, -0.25) is 0 Å². The van der Waals surface area contributed by atoms with Gasteiger partial charge in [0.25, 0.3) is 0 Å². The van der Waals surface area contributed by atoms with Gasteiger partial charge < -0.3 is 9.47 Å². The van der Waals surface area contributed by atoms with Crippen LogP contribution in [0.5, 0.6) is 5.75 Å². The normalized spacial score (nSPS) is 14.8. The number of methoxy groups -OCH3 is 1. The van der Waals surface area contributed by atoms with Crippen molar-refractivity contribution in [1.29, 1.82) is 0 Å². The Kier molecular flexibility index (Phi) is 9.20. The summed E-state index contributed by atoms with van der Waals surface area (Å²) in [6.07, 6.45) is -10.6. The maximum absolute atomic E-state index is 13.9. The Morgan fingerprint density at radius 3 is 1.49 bits per heavy atom. The molecule has 1 aromatic carbocycles. The molecule has 0 bridgehead atoms. The van der Waals surface area contributed by atoms with Crippen molar-refractivity contribution in [3.63, 3.8) is 0 Å². The largest absolute Gasteiger partial charge is 0.492 e. The van der Waals surface area contributed by atoms with Crippen molar-refractivity contribution in [3.8, 4) is 5.75 Å². The van der Waals surface area contributed by atoms with Crippen molar-refractivity contribution < 1.29 is 88.9 Å². The summed E-state index contributed by atoms with van der Waals surface area (Å²) < 4.78 is 234. The molecule has 226 valence electrons. The van der Waals surface area contributed by atoms with Gasteiger partial charge in [-0.1, -0.05) is 0 Å². The Balaban J connectivity index is 3.31. The first-order chi connectivity index (χ1) is 17.1. The summed E-state index contributed by atoms with van der Waals surface area (Å²) in [6.45, 7) is -1.82. The minimum Gasteiger partial charge on any atom is -0.492 e. The third-order valence-electron chi connectivity index (χ3n) is 4.81. The Labute approximate surface area is 213 Å².